The third-order valence-corrected chi connectivity index (χ3v) is 3.31. The maximum absolute atomic E-state index is 11.6. The van der Waals surface area contributed by atoms with Gasteiger partial charge in [0.1, 0.15) is 11.6 Å². The summed E-state index contributed by atoms with van der Waals surface area (Å²) in [6.45, 7) is 2.30. The van der Waals surface area contributed by atoms with Crippen molar-refractivity contribution in [1.82, 2.24) is 9.97 Å². The highest BCUT2D eigenvalue weighted by molar-refractivity contribution is 7.11. The Hall–Kier alpha value is -1.75. The lowest BCUT2D eigenvalue weighted by Crippen LogP contribution is -2.04. The van der Waals surface area contributed by atoms with Gasteiger partial charge in [-0.1, -0.05) is 6.92 Å². The van der Waals surface area contributed by atoms with Crippen LogP contribution in [0.5, 0.6) is 0 Å². The molecule has 0 bridgehead atoms. The molecule has 0 radical (unpaired) electrons. The average molecular weight is 248 g/mol. The molecule has 4 nitrogen and oxygen atoms in total. The minimum Gasteiger partial charge on any atom is -0.455 e. The number of hydrogen-bond donors (Lipinski definition) is 0. The van der Waals surface area contributed by atoms with Gasteiger partial charge < -0.3 is 4.74 Å². The summed E-state index contributed by atoms with van der Waals surface area (Å²) in [4.78, 5) is 20.8. The lowest BCUT2D eigenvalue weighted by Gasteiger charge is -2.01. The van der Waals surface area contributed by atoms with Crippen LogP contribution in [-0.2, 0) is 17.8 Å². The monoisotopic (exact) mass is 248 g/mol. The molecule has 0 amide bonds. The molecule has 0 aliphatic rings. The zero-order valence-corrected chi connectivity index (χ0v) is 10.2. The number of pyridine rings is 1. The van der Waals surface area contributed by atoms with Gasteiger partial charge in [-0.2, -0.15) is 0 Å². The summed E-state index contributed by atoms with van der Waals surface area (Å²) in [6, 6.07) is 3.25. The molecule has 0 spiro atoms. The van der Waals surface area contributed by atoms with Crippen LogP contribution in [0, 0.1) is 0 Å². The van der Waals surface area contributed by atoms with E-state index in [9.17, 15) is 4.79 Å². The maximum Gasteiger partial charge on any atom is 0.338 e. The molecule has 17 heavy (non-hydrogen) atoms. The van der Waals surface area contributed by atoms with E-state index in [1.165, 1.54) is 4.88 Å². The standard InChI is InChI=1S/C12H12N2O2S/c1-2-10-7-14-11(17-10)8-16-12(15)9-3-5-13-6-4-9/h3-7H,2,8H2,1H3. The van der Waals surface area contributed by atoms with Crippen molar-refractivity contribution < 1.29 is 9.53 Å². The maximum atomic E-state index is 11.6. The molecule has 88 valence electrons. The van der Waals surface area contributed by atoms with Gasteiger partial charge >= 0.3 is 5.97 Å². The second-order valence-corrected chi connectivity index (χ2v) is 4.59. The van der Waals surface area contributed by atoms with Crippen LogP contribution in [0.3, 0.4) is 0 Å². The lowest BCUT2D eigenvalue weighted by atomic mass is 10.3. The highest BCUT2D eigenvalue weighted by Gasteiger charge is 2.08. The van der Waals surface area contributed by atoms with Gasteiger partial charge in [-0.25, -0.2) is 9.78 Å². The molecule has 0 aliphatic carbocycles. The van der Waals surface area contributed by atoms with Gasteiger partial charge in [0.25, 0.3) is 0 Å². The van der Waals surface area contributed by atoms with E-state index in [0.29, 0.717) is 5.56 Å². The van der Waals surface area contributed by atoms with Crippen molar-refractivity contribution in [3.8, 4) is 0 Å². The first kappa shape index (κ1) is 11.7. The Morgan fingerprint density at radius 3 is 2.82 bits per heavy atom. The van der Waals surface area contributed by atoms with Crippen LogP contribution in [0.25, 0.3) is 0 Å². The van der Waals surface area contributed by atoms with E-state index in [-0.39, 0.29) is 12.6 Å². The summed E-state index contributed by atoms with van der Waals surface area (Å²) < 4.78 is 5.15. The number of carbonyl (C=O) groups is 1. The summed E-state index contributed by atoms with van der Waals surface area (Å²) in [6.07, 6.45) is 5.90. The molecule has 0 fully saturated rings. The Morgan fingerprint density at radius 1 is 1.41 bits per heavy atom. The number of carbonyl (C=O) groups excluding carboxylic acids is 1. The number of aromatic nitrogens is 2. The highest BCUT2D eigenvalue weighted by Crippen LogP contribution is 2.14. The van der Waals surface area contributed by atoms with Crippen LogP contribution in [-0.4, -0.2) is 15.9 Å². The normalized spacial score (nSPS) is 10.2. The van der Waals surface area contributed by atoms with E-state index in [1.807, 2.05) is 6.20 Å². The van der Waals surface area contributed by atoms with Gasteiger partial charge in [0, 0.05) is 23.5 Å². The van der Waals surface area contributed by atoms with Gasteiger partial charge in [0.05, 0.1) is 5.56 Å². The molecule has 0 saturated heterocycles. The van der Waals surface area contributed by atoms with Crippen LogP contribution in [0.4, 0.5) is 0 Å². The van der Waals surface area contributed by atoms with Crippen molar-refractivity contribution in [3.05, 3.63) is 46.2 Å². The van der Waals surface area contributed by atoms with Crippen LogP contribution in [0.2, 0.25) is 0 Å². The fourth-order valence-electron chi connectivity index (χ4n) is 1.28. The number of hydrogen-bond acceptors (Lipinski definition) is 5. The molecule has 0 unspecified atom stereocenters. The zero-order chi connectivity index (χ0) is 12.1. The summed E-state index contributed by atoms with van der Waals surface area (Å²) in [5, 5.41) is 0.823. The number of thiazole rings is 1. The van der Waals surface area contributed by atoms with Crippen LogP contribution in [0.15, 0.2) is 30.7 Å². The van der Waals surface area contributed by atoms with E-state index in [2.05, 4.69) is 16.9 Å². The van der Waals surface area contributed by atoms with Crippen LogP contribution in [0.1, 0.15) is 27.2 Å². The Kier molecular flexibility index (Phi) is 3.82. The summed E-state index contributed by atoms with van der Waals surface area (Å²) in [7, 11) is 0. The minimum absolute atomic E-state index is 0.228. The number of esters is 1. The van der Waals surface area contributed by atoms with Crippen LogP contribution >= 0.6 is 11.3 Å². The van der Waals surface area contributed by atoms with Crippen LogP contribution < -0.4 is 0 Å². The fourth-order valence-corrected chi connectivity index (χ4v) is 2.05. The minimum atomic E-state index is -0.347. The Balaban J connectivity index is 1.92. The number of rotatable bonds is 4. The molecule has 0 saturated carbocycles. The van der Waals surface area contributed by atoms with Gasteiger partial charge in [-0.05, 0) is 18.6 Å². The molecule has 0 aliphatic heterocycles. The van der Waals surface area contributed by atoms with E-state index in [1.54, 1.807) is 35.9 Å². The predicted octanol–water partition coefficient (Wildman–Crippen LogP) is 2.46. The first-order valence-electron chi connectivity index (χ1n) is 5.30. The Morgan fingerprint density at radius 2 is 2.18 bits per heavy atom. The molecule has 2 heterocycles. The first-order chi connectivity index (χ1) is 8.29. The topological polar surface area (TPSA) is 52.1 Å². The smallest absolute Gasteiger partial charge is 0.338 e. The predicted molar refractivity (Wildman–Crippen MR) is 64.8 cm³/mol. The third-order valence-electron chi connectivity index (χ3n) is 2.19. The second-order valence-electron chi connectivity index (χ2n) is 3.39. The molecular formula is C12H12N2O2S. The molecular weight excluding hydrogens is 236 g/mol. The molecule has 2 aromatic heterocycles. The molecule has 0 atom stereocenters. The van der Waals surface area contributed by atoms with Crippen molar-refractivity contribution >= 4 is 17.3 Å². The quantitative estimate of drug-likeness (QED) is 0.780. The second kappa shape index (κ2) is 5.54. The number of nitrogens with zero attached hydrogens (tertiary/aromatic N) is 2. The summed E-state index contributed by atoms with van der Waals surface area (Å²) in [5.74, 6) is -0.347. The Labute approximate surface area is 103 Å². The summed E-state index contributed by atoms with van der Waals surface area (Å²) in [5.41, 5.74) is 0.507. The largest absolute Gasteiger partial charge is 0.455 e. The van der Waals surface area contributed by atoms with E-state index in [0.717, 1.165) is 11.4 Å². The van der Waals surface area contributed by atoms with Gasteiger partial charge in [-0.3, -0.25) is 4.98 Å². The van der Waals surface area contributed by atoms with Crippen molar-refractivity contribution in [2.45, 2.75) is 20.0 Å². The number of aryl methyl sites for hydroxylation is 1. The van der Waals surface area contributed by atoms with Crippen molar-refractivity contribution in [2.24, 2.45) is 0 Å². The van der Waals surface area contributed by atoms with E-state index in [4.69, 9.17) is 4.74 Å². The molecule has 2 aromatic rings. The van der Waals surface area contributed by atoms with E-state index >= 15 is 0 Å². The van der Waals surface area contributed by atoms with Crippen molar-refractivity contribution in [2.75, 3.05) is 0 Å². The molecule has 0 N–H and O–H groups in total. The zero-order valence-electron chi connectivity index (χ0n) is 9.42. The van der Waals surface area contributed by atoms with Crippen molar-refractivity contribution in [1.29, 1.82) is 0 Å². The fraction of sp³-hybridized carbons (Fsp3) is 0.250. The van der Waals surface area contributed by atoms with Crippen molar-refractivity contribution in [3.63, 3.8) is 0 Å². The first-order valence-corrected chi connectivity index (χ1v) is 6.12. The van der Waals surface area contributed by atoms with Gasteiger partial charge in [0.15, 0.2) is 0 Å². The lowest BCUT2D eigenvalue weighted by molar-refractivity contribution is 0.0472. The Bertz CT molecular complexity index is 496. The molecule has 2 rings (SSSR count). The van der Waals surface area contributed by atoms with Gasteiger partial charge in [-0.15, -0.1) is 11.3 Å². The molecule has 5 heteroatoms. The van der Waals surface area contributed by atoms with Gasteiger partial charge in [0.2, 0.25) is 0 Å². The number of ether oxygens (including phenoxy) is 1. The van der Waals surface area contributed by atoms with E-state index < -0.39 is 0 Å². The molecule has 0 aromatic carbocycles. The SMILES string of the molecule is CCc1cnc(COC(=O)c2ccncc2)s1. The summed E-state index contributed by atoms with van der Waals surface area (Å²) >= 11 is 1.57. The average Bonchev–Trinajstić information content (AvgIpc) is 2.85. The third kappa shape index (κ3) is 3.10. The highest BCUT2D eigenvalue weighted by atomic mass is 32.1.